The van der Waals surface area contributed by atoms with Gasteiger partial charge in [0.25, 0.3) is 0 Å². The van der Waals surface area contributed by atoms with E-state index >= 15 is 0 Å². The van der Waals surface area contributed by atoms with Crippen LogP contribution >= 0.6 is 11.6 Å². The third kappa shape index (κ3) is 4.65. The summed E-state index contributed by atoms with van der Waals surface area (Å²) in [7, 11) is 1.91. The molecule has 34 heavy (non-hydrogen) atoms. The third-order valence-electron chi connectivity index (χ3n) is 5.38. The molecule has 3 aromatic heterocycles. The molecule has 10 heteroatoms. The van der Waals surface area contributed by atoms with E-state index in [0.717, 1.165) is 22.2 Å². The number of hydrogen-bond acceptors (Lipinski definition) is 7. The van der Waals surface area contributed by atoms with Crippen LogP contribution in [0.15, 0.2) is 67.1 Å². The lowest BCUT2D eigenvalue weighted by Crippen LogP contribution is -2.19. The monoisotopic (exact) mass is 474 g/mol. The van der Waals surface area contributed by atoms with E-state index < -0.39 is 0 Å². The number of anilines is 3. The van der Waals surface area contributed by atoms with Crippen LogP contribution in [0.4, 0.5) is 17.6 Å². The number of hydrogen-bond donors (Lipinski definition) is 3. The van der Waals surface area contributed by atoms with Crippen molar-refractivity contribution < 1.29 is 4.74 Å². The van der Waals surface area contributed by atoms with Crippen molar-refractivity contribution in [1.29, 1.82) is 0 Å². The van der Waals surface area contributed by atoms with Crippen molar-refractivity contribution >= 4 is 40.2 Å². The van der Waals surface area contributed by atoms with Gasteiger partial charge in [-0.3, -0.25) is 0 Å². The first-order chi connectivity index (χ1) is 16.6. The number of halogens is 1. The Morgan fingerprint density at radius 3 is 2.79 bits per heavy atom. The van der Waals surface area contributed by atoms with E-state index in [0.29, 0.717) is 35.0 Å². The molecule has 0 aliphatic carbocycles. The summed E-state index contributed by atoms with van der Waals surface area (Å²) in [5.74, 6) is 2.32. The third-order valence-corrected chi connectivity index (χ3v) is 5.81. The smallest absolute Gasteiger partial charge is 0.227 e. The lowest BCUT2D eigenvalue weighted by molar-refractivity contribution is 0.217. The van der Waals surface area contributed by atoms with Crippen LogP contribution in [0.2, 0.25) is 5.02 Å². The molecule has 9 nitrogen and oxygen atoms in total. The van der Waals surface area contributed by atoms with Crippen LogP contribution < -0.4 is 15.0 Å². The standard InChI is InChI=1S/C24H23ClN8O/c1-15(16-6-4-3-5-7-16)34-21-12-20(31-32-21)29-19-10-11-26-24(30-19)33(2)13-17-8-9-18-23(22(17)25)28-14-27-18/h3-12,14-15H,13H2,1-2H3,(H,27,28)(H2,26,29,30,31,32)/t15-/m1/s1. The molecule has 5 rings (SSSR count). The van der Waals surface area contributed by atoms with Gasteiger partial charge in [0.15, 0.2) is 5.82 Å². The fourth-order valence-electron chi connectivity index (χ4n) is 3.61. The van der Waals surface area contributed by atoms with Gasteiger partial charge >= 0.3 is 0 Å². The van der Waals surface area contributed by atoms with Gasteiger partial charge in [0.2, 0.25) is 11.8 Å². The number of nitrogens with one attached hydrogen (secondary N) is 3. The molecule has 172 valence electrons. The van der Waals surface area contributed by atoms with Gasteiger partial charge in [-0.25, -0.2) is 15.1 Å². The van der Waals surface area contributed by atoms with Crippen molar-refractivity contribution in [3.63, 3.8) is 0 Å². The minimum atomic E-state index is -0.110. The Hall–Kier alpha value is -4.11. The lowest BCUT2D eigenvalue weighted by atomic mass is 10.1. The minimum absolute atomic E-state index is 0.110. The van der Waals surface area contributed by atoms with Crippen molar-refractivity contribution in [1.82, 2.24) is 30.1 Å². The zero-order chi connectivity index (χ0) is 23.5. The molecule has 2 aromatic carbocycles. The number of H-pyrrole nitrogens is 2. The van der Waals surface area contributed by atoms with Crippen molar-refractivity contribution in [2.24, 2.45) is 0 Å². The number of benzene rings is 2. The maximum Gasteiger partial charge on any atom is 0.227 e. The molecule has 0 radical (unpaired) electrons. The largest absolute Gasteiger partial charge is 0.470 e. The molecule has 1 atom stereocenters. The van der Waals surface area contributed by atoms with Gasteiger partial charge < -0.3 is 19.9 Å². The molecule has 0 spiro atoms. The summed E-state index contributed by atoms with van der Waals surface area (Å²) in [6.07, 6.45) is 3.22. The number of nitrogens with zero attached hydrogens (tertiary/aromatic N) is 5. The van der Waals surface area contributed by atoms with Gasteiger partial charge in [-0.15, -0.1) is 0 Å². The number of imidazole rings is 1. The second kappa shape index (κ2) is 9.40. The molecule has 0 fully saturated rings. The molecule has 3 N–H and O–H groups in total. The van der Waals surface area contributed by atoms with E-state index in [4.69, 9.17) is 16.3 Å². The van der Waals surface area contributed by atoms with E-state index in [1.54, 1.807) is 24.7 Å². The van der Waals surface area contributed by atoms with Crippen LogP contribution in [0.25, 0.3) is 11.0 Å². The fraction of sp³-hybridized carbons (Fsp3) is 0.167. The Bertz CT molecular complexity index is 1400. The summed E-state index contributed by atoms with van der Waals surface area (Å²) in [6.45, 7) is 2.52. The molecule has 0 amide bonds. The quantitative estimate of drug-likeness (QED) is 0.282. The van der Waals surface area contributed by atoms with E-state index in [-0.39, 0.29) is 6.10 Å². The van der Waals surface area contributed by atoms with Crippen LogP contribution in [-0.4, -0.2) is 37.2 Å². The van der Waals surface area contributed by atoms with Gasteiger partial charge in [-0.2, -0.15) is 10.1 Å². The first kappa shape index (κ1) is 21.7. The second-order valence-corrected chi connectivity index (χ2v) is 8.23. The predicted molar refractivity (Wildman–Crippen MR) is 133 cm³/mol. The van der Waals surface area contributed by atoms with Crippen LogP contribution in [-0.2, 0) is 6.54 Å². The normalized spacial score (nSPS) is 12.0. The van der Waals surface area contributed by atoms with E-state index in [2.05, 4.69) is 35.5 Å². The summed E-state index contributed by atoms with van der Waals surface area (Å²) in [5, 5.41) is 11.0. The van der Waals surface area contributed by atoms with Gasteiger partial charge in [-0.1, -0.05) is 48.0 Å². The molecule has 0 aliphatic rings. The zero-order valence-corrected chi connectivity index (χ0v) is 19.4. The predicted octanol–water partition coefficient (Wildman–Crippen LogP) is 5.25. The first-order valence-electron chi connectivity index (χ1n) is 10.8. The molecule has 0 saturated carbocycles. The average molecular weight is 475 g/mol. The number of aromatic amines is 2. The molecule has 3 heterocycles. The molecule has 5 aromatic rings. The fourth-order valence-corrected chi connectivity index (χ4v) is 3.88. The molecule has 0 bridgehead atoms. The number of fused-ring (bicyclic) bond motifs is 1. The van der Waals surface area contributed by atoms with Crippen molar-refractivity contribution in [2.45, 2.75) is 19.6 Å². The van der Waals surface area contributed by atoms with Crippen molar-refractivity contribution in [3.05, 3.63) is 83.3 Å². The maximum atomic E-state index is 6.54. The SMILES string of the molecule is C[C@@H](Oc1cc(Nc2ccnc(N(C)Cc3ccc4[nH]cnc4c3Cl)n2)n[nH]1)c1ccccc1. The summed E-state index contributed by atoms with van der Waals surface area (Å²) < 4.78 is 5.96. The maximum absolute atomic E-state index is 6.54. The summed E-state index contributed by atoms with van der Waals surface area (Å²) in [4.78, 5) is 18.3. The Labute approximate surface area is 201 Å². The van der Waals surface area contributed by atoms with Gasteiger partial charge in [0, 0.05) is 25.9 Å². The molecular formula is C24H23ClN8O. The second-order valence-electron chi connectivity index (χ2n) is 7.85. The molecule has 0 aliphatic heterocycles. The highest BCUT2D eigenvalue weighted by Crippen LogP contribution is 2.27. The minimum Gasteiger partial charge on any atom is -0.470 e. The Morgan fingerprint density at radius 1 is 1.09 bits per heavy atom. The summed E-state index contributed by atoms with van der Waals surface area (Å²) in [6, 6.07) is 17.5. The highest BCUT2D eigenvalue weighted by molar-refractivity contribution is 6.35. The summed E-state index contributed by atoms with van der Waals surface area (Å²) in [5.41, 5.74) is 3.68. The Balaban J connectivity index is 1.25. The van der Waals surface area contributed by atoms with Crippen LogP contribution in [0.5, 0.6) is 5.88 Å². The number of ether oxygens (including phenoxy) is 1. The number of aromatic nitrogens is 6. The van der Waals surface area contributed by atoms with Gasteiger partial charge in [-0.05, 0) is 30.2 Å². The van der Waals surface area contributed by atoms with Crippen LogP contribution in [0, 0.1) is 0 Å². The molecular weight excluding hydrogens is 452 g/mol. The van der Waals surface area contributed by atoms with E-state index in [1.807, 2.05) is 61.3 Å². The van der Waals surface area contributed by atoms with E-state index in [9.17, 15) is 0 Å². The average Bonchev–Trinajstić information content (AvgIpc) is 3.51. The van der Waals surface area contributed by atoms with Gasteiger partial charge in [0.1, 0.15) is 17.4 Å². The topological polar surface area (TPSA) is 108 Å². The highest BCUT2D eigenvalue weighted by Gasteiger charge is 2.13. The molecule has 0 unspecified atom stereocenters. The lowest BCUT2D eigenvalue weighted by Gasteiger charge is -2.18. The number of rotatable bonds is 8. The van der Waals surface area contributed by atoms with Crippen molar-refractivity contribution in [2.75, 3.05) is 17.3 Å². The summed E-state index contributed by atoms with van der Waals surface area (Å²) >= 11 is 6.54. The Morgan fingerprint density at radius 2 is 1.94 bits per heavy atom. The first-order valence-corrected chi connectivity index (χ1v) is 11.1. The van der Waals surface area contributed by atoms with Crippen LogP contribution in [0.1, 0.15) is 24.2 Å². The molecule has 0 saturated heterocycles. The van der Waals surface area contributed by atoms with E-state index in [1.165, 1.54) is 0 Å². The van der Waals surface area contributed by atoms with Crippen LogP contribution in [0.3, 0.4) is 0 Å². The van der Waals surface area contributed by atoms with Crippen molar-refractivity contribution in [3.8, 4) is 5.88 Å². The Kier molecular flexibility index (Phi) is 6.01. The zero-order valence-electron chi connectivity index (χ0n) is 18.7. The van der Waals surface area contributed by atoms with Gasteiger partial charge in [0.05, 0.1) is 16.9 Å². The highest BCUT2D eigenvalue weighted by atomic mass is 35.5.